The van der Waals surface area contributed by atoms with E-state index in [0.717, 1.165) is 12.8 Å². The SMILES string of the molecule is O=C(c1cc(C2CC2)nc2ccccc12)N1N=C(C(F)F)C[C@@]1(O)C(F)F. The third-order valence-corrected chi connectivity index (χ3v) is 4.79. The molecule has 1 fully saturated rings. The lowest BCUT2D eigenvalue weighted by Crippen LogP contribution is -2.51. The number of rotatable bonds is 4. The maximum Gasteiger partial charge on any atom is 0.287 e. The summed E-state index contributed by atoms with van der Waals surface area (Å²) < 4.78 is 52.9. The van der Waals surface area contributed by atoms with Crippen molar-refractivity contribution in [2.24, 2.45) is 5.10 Å². The van der Waals surface area contributed by atoms with E-state index in [1.54, 1.807) is 24.3 Å². The molecule has 5 nitrogen and oxygen atoms in total. The first kappa shape index (κ1) is 17.8. The minimum atomic E-state index is -3.46. The van der Waals surface area contributed by atoms with Crippen LogP contribution in [0.5, 0.6) is 0 Å². The molecule has 1 N–H and O–H groups in total. The lowest BCUT2D eigenvalue weighted by atomic mass is 10.0. The number of pyridine rings is 1. The second kappa shape index (κ2) is 6.26. The van der Waals surface area contributed by atoms with Gasteiger partial charge < -0.3 is 5.11 Å². The highest BCUT2D eigenvalue weighted by Crippen LogP contribution is 2.41. The lowest BCUT2D eigenvalue weighted by Gasteiger charge is -2.30. The van der Waals surface area contributed by atoms with E-state index in [1.807, 2.05) is 0 Å². The van der Waals surface area contributed by atoms with Crippen LogP contribution >= 0.6 is 0 Å². The average molecular weight is 381 g/mol. The highest BCUT2D eigenvalue weighted by atomic mass is 19.3. The van der Waals surface area contributed by atoms with Gasteiger partial charge in [0.1, 0.15) is 5.71 Å². The highest BCUT2D eigenvalue weighted by molar-refractivity contribution is 6.07. The van der Waals surface area contributed by atoms with Crippen LogP contribution in [-0.2, 0) is 0 Å². The zero-order valence-electron chi connectivity index (χ0n) is 13.9. The monoisotopic (exact) mass is 381 g/mol. The van der Waals surface area contributed by atoms with Gasteiger partial charge in [-0.1, -0.05) is 18.2 Å². The summed E-state index contributed by atoms with van der Waals surface area (Å²) in [5.74, 6) is -0.886. The number of amides is 1. The van der Waals surface area contributed by atoms with Crippen LogP contribution in [0.15, 0.2) is 35.4 Å². The van der Waals surface area contributed by atoms with Gasteiger partial charge in [0.15, 0.2) is 0 Å². The Morgan fingerprint density at radius 3 is 2.56 bits per heavy atom. The summed E-state index contributed by atoms with van der Waals surface area (Å²) >= 11 is 0. The summed E-state index contributed by atoms with van der Waals surface area (Å²) in [6.07, 6.45) is -5.91. The number of hydrogen-bond donors (Lipinski definition) is 1. The van der Waals surface area contributed by atoms with Crippen LogP contribution in [0.4, 0.5) is 17.6 Å². The van der Waals surface area contributed by atoms with Gasteiger partial charge in [-0.3, -0.25) is 9.78 Å². The fourth-order valence-electron chi connectivity index (χ4n) is 3.18. The molecule has 1 atom stereocenters. The summed E-state index contributed by atoms with van der Waals surface area (Å²) in [4.78, 5) is 17.5. The number of aromatic nitrogens is 1. The minimum Gasteiger partial charge on any atom is -0.364 e. The molecule has 1 aromatic heterocycles. The van der Waals surface area contributed by atoms with Crippen molar-refractivity contribution in [3.05, 3.63) is 41.6 Å². The average Bonchev–Trinajstić information content (AvgIpc) is 3.42. The van der Waals surface area contributed by atoms with Gasteiger partial charge >= 0.3 is 0 Å². The number of para-hydroxylation sites is 1. The van der Waals surface area contributed by atoms with E-state index < -0.39 is 36.6 Å². The van der Waals surface area contributed by atoms with Crippen molar-refractivity contribution in [2.75, 3.05) is 0 Å². The Balaban J connectivity index is 1.84. The number of aliphatic hydroxyl groups is 1. The summed E-state index contributed by atoms with van der Waals surface area (Å²) in [5.41, 5.74) is -2.93. The van der Waals surface area contributed by atoms with E-state index in [9.17, 15) is 27.5 Å². The van der Waals surface area contributed by atoms with Gasteiger partial charge in [-0.15, -0.1) is 0 Å². The second-order valence-corrected chi connectivity index (χ2v) is 6.75. The first-order valence-electron chi connectivity index (χ1n) is 8.41. The maximum atomic E-state index is 13.4. The molecule has 142 valence electrons. The van der Waals surface area contributed by atoms with Gasteiger partial charge in [0.2, 0.25) is 5.72 Å². The quantitative estimate of drug-likeness (QED) is 0.824. The van der Waals surface area contributed by atoms with Crippen molar-refractivity contribution in [3.63, 3.8) is 0 Å². The molecular weight excluding hydrogens is 366 g/mol. The predicted octanol–water partition coefficient (Wildman–Crippen LogP) is 3.53. The van der Waals surface area contributed by atoms with E-state index in [-0.39, 0.29) is 16.5 Å². The first-order valence-corrected chi connectivity index (χ1v) is 8.41. The maximum absolute atomic E-state index is 13.4. The minimum absolute atomic E-state index is 0.000779. The molecule has 0 radical (unpaired) electrons. The van der Waals surface area contributed by atoms with Gasteiger partial charge in [0.05, 0.1) is 11.1 Å². The van der Waals surface area contributed by atoms with Crippen molar-refractivity contribution in [2.45, 2.75) is 43.8 Å². The van der Waals surface area contributed by atoms with Crippen LogP contribution in [-0.4, -0.2) is 45.3 Å². The second-order valence-electron chi connectivity index (χ2n) is 6.75. The van der Waals surface area contributed by atoms with Crippen LogP contribution in [0.3, 0.4) is 0 Å². The fraction of sp³-hybridized carbons (Fsp3) is 0.389. The smallest absolute Gasteiger partial charge is 0.287 e. The topological polar surface area (TPSA) is 65.8 Å². The molecular formula is C18H15F4N3O2. The van der Waals surface area contributed by atoms with E-state index in [1.165, 1.54) is 6.07 Å². The molecule has 2 aliphatic rings. The van der Waals surface area contributed by atoms with E-state index in [4.69, 9.17) is 0 Å². The van der Waals surface area contributed by atoms with Crippen LogP contribution in [0.2, 0.25) is 0 Å². The zero-order chi connectivity index (χ0) is 19.3. The molecule has 1 amide bonds. The number of carbonyl (C=O) groups excluding carboxylic acids is 1. The predicted molar refractivity (Wildman–Crippen MR) is 88.9 cm³/mol. The van der Waals surface area contributed by atoms with E-state index >= 15 is 0 Å². The Morgan fingerprint density at radius 2 is 1.93 bits per heavy atom. The van der Waals surface area contributed by atoms with E-state index in [2.05, 4.69) is 10.1 Å². The Labute approximate surface area is 151 Å². The van der Waals surface area contributed by atoms with Crippen molar-refractivity contribution in [1.29, 1.82) is 0 Å². The molecule has 27 heavy (non-hydrogen) atoms. The molecule has 2 heterocycles. The van der Waals surface area contributed by atoms with Crippen molar-refractivity contribution in [1.82, 2.24) is 9.99 Å². The molecule has 1 aromatic carbocycles. The Hall–Kier alpha value is -2.55. The molecule has 1 saturated carbocycles. The molecule has 1 aliphatic heterocycles. The molecule has 4 rings (SSSR count). The molecule has 0 saturated heterocycles. The number of benzene rings is 1. The molecule has 2 aromatic rings. The number of halogens is 4. The van der Waals surface area contributed by atoms with Gasteiger partial charge in [0.25, 0.3) is 18.8 Å². The first-order chi connectivity index (χ1) is 12.8. The fourth-order valence-corrected chi connectivity index (χ4v) is 3.18. The van der Waals surface area contributed by atoms with Crippen molar-refractivity contribution in [3.8, 4) is 0 Å². The van der Waals surface area contributed by atoms with Crippen LogP contribution in [0, 0.1) is 0 Å². The molecule has 0 spiro atoms. The third-order valence-electron chi connectivity index (χ3n) is 4.79. The standard InChI is InChI=1S/C18H15F4N3O2/c19-15(20)14-8-18(27,17(21)22)25(24-14)16(26)11-7-13(9-5-6-9)23-12-4-2-1-3-10(11)12/h1-4,7,9,15,17,27H,5-6,8H2/t18-/m1/s1. The van der Waals surface area contributed by atoms with Gasteiger partial charge in [-0.25, -0.2) is 17.6 Å². The number of hydrogen-bond acceptors (Lipinski definition) is 4. The Kier molecular flexibility index (Phi) is 4.14. The summed E-state index contributed by atoms with van der Waals surface area (Å²) in [5, 5.41) is 14.0. The van der Waals surface area contributed by atoms with Crippen molar-refractivity contribution >= 4 is 22.5 Å². The Bertz CT molecular complexity index is 945. The lowest BCUT2D eigenvalue weighted by molar-refractivity contribution is -0.164. The number of hydrazone groups is 1. The van der Waals surface area contributed by atoms with Crippen LogP contribution in [0.25, 0.3) is 10.9 Å². The summed E-state index contributed by atoms with van der Waals surface area (Å²) in [6.45, 7) is 0. The zero-order valence-corrected chi connectivity index (χ0v) is 13.9. The molecule has 9 heteroatoms. The number of nitrogens with zero attached hydrogens (tertiary/aromatic N) is 3. The van der Waals surface area contributed by atoms with Gasteiger partial charge in [-0.2, -0.15) is 10.1 Å². The summed E-state index contributed by atoms with van der Waals surface area (Å²) in [7, 11) is 0. The van der Waals surface area contributed by atoms with Crippen molar-refractivity contribution < 1.29 is 27.5 Å². The van der Waals surface area contributed by atoms with Gasteiger partial charge in [-0.05, 0) is 25.0 Å². The summed E-state index contributed by atoms with van der Waals surface area (Å²) in [6, 6.07) is 8.11. The molecule has 0 unspecified atom stereocenters. The number of alkyl halides is 4. The normalized spacial score (nSPS) is 22.8. The van der Waals surface area contributed by atoms with Gasteiger partial charge in [0, 0.05) is 23.4 Å². The highest BCUT2D eigenvalue weighted by Gasteiger charge is 2.53. The molecule has 1 aliphatic carbocycles. The third kappa shape index (κ3) is 2.95. The van der Waals surface area contributed by atoms with E-state index in [0.29, 0.717) is 16.6 Å². The number of carbonyl (C=O) groups is 1. The van der Waals surface area contributed by atoms with Crippen LogP contribution < -0.4 is 0 Å². The number of fused-ring (bicyclic) bond motifs is 1. The largest absolute Gasteiger partial charge is 0.364 e. The van der Waals surface area contributed by atoms with Crippen LogP contribution in [0.1, 0.15) is 41.2 Å². The molecule has 0 bridgehead atoms. The Morgan fingerprint density at radius 1 is 1.22 bits per heavy atom.